The van der Waals surface area contributed by atoms with Gasteiger partial charge in [-0.1, -0.05) is 19.8 Å². The van der Waals surface area contributed by atoms with Crippen molar-refractivity contribution in [2.75, 3.05) is 38.2 Å². The molecule has 3 rings (SSSR count). The van der Waals surface area contributed by atoms with Crippen LogP contribution in [0.15, 0.2) is 0 Å². The van der Waals surface area contributed by atoms with Gasteiger partial charge in [0.2, 0.25) is 11.8 Å². The third-order valence-corrected chi connectivity index (χ3v) is 9.19. The number of piperidine rings is 1. The van der Waals surface area contributed by atoms with Crippen LogP contribution >= 0.6 is 11.8 Å². The monoisotopic (exact) mass is 497 g/mol. The minimum Gasteiger partial charge on any atom is -0.354 e. The lowest BCUT2D eigenvalue weighted by Gasteiger charge is -2.39. The Hall–Kier alpha value is -0.820. The van der Waals surface area contributed by atoms with E-state index in [1.807, 2.05) is 6.26 Å². The zero-order valence-corrected chi connectivity index (χ0v) is 22.4. The molecule has 0 aromatic carbocycles. The number of nitrogens with zero attached hydrogens (tertiary/aromatic N) is 1. The predicted molar refractivity (Wildman–Crippen MR) is 140 cm³/mol. The lowest BCUT2D eigenvalue weighted by Crippen LogP contribution is -2.49. The van der Waals surface area contributed by atoms with Gasteiger partial charge in [-0.2, -0.15) is 11.8 Å². The van der Waals surface area contributed by atoms with Crippen molar-refractivity contribution in [3.63, 3.8) is 0 Å². The zero-order chi connectivity index (χ0) is 24.3. The smallest absolute Gasteiger partial charge is 0.242 e. The Morgan fingerprint density at radius 1 is 1.03 bits per heavy atom. The Bertz CT molecular complexity index is 621. The highest BCUT2D eigenvalue weighted by Gasteiger charge is 2.34. The number of thioether (sulfide) groups is 1. The lowest BCUT2D eigenvalue weighted by atomic mass is 9.75. The number of hydrogen-bond donors (Lipinski definition) is 2. The van der Waals surface area contributed by atoms with E-state index in [1.165, 1.54) is 6.42 Å². The normalized spacial score (nSPS) is 30.0. The number of halogens is 1. The van der Waals surface area contributed by atoms with E-state index < -0.39 is 12.2 Å². The first-order valence-corrected chi connectivity index (χ1v) is 15.3. The molecule has 0 aromatic heterocycles. The highest BCUT2D eigenvalue weighted by atomic mass is 32.2. The standard InChI is InChI=1S/C27H48FN3O2S/c1-20-8-10-22(11-9-20)26(32)30-25(14-19-34-2)27(33)29-15-5-16-31-17-12-21(13-18-31)23-6-3-4-7-24(23)28/h20-25H,3-19H2,1-2H3,(H,29,33)(H,30,32). The van der Waals surface area contributed by atoms with Crippen molar-refractivity contribution in [3.8, 4) is 0 Å². The fraction of sp³-hybridized carbons (Fsp3) is 0.926. The summed E-state index contributed by atoms with van der Waals surface area (Å²) in [6.07, 6.45) is 13.4. The topological polar surface area (TPSA) is 61.4 Å². The maximum Gasteiger partial charge on any atom is 0.242 e. The minimum absolute atomic E-state index is 0.0448. The minimum atomic E-state index is -0.582. The van der Waals surface area contributed by atoms with Crippen LogP contribution in [0.2, 0.25) is 0 Å². The molecule has 0 spiro atoms. The first kappa shape index (κ1) is 27.8. The molecule has 2 aliphatic carbocycles. The Balaban J connectivity index is 1.33. The van der Waals surface area contributed by atoms with Gasteiger partial charge in [0, 0.05) is 12.5 Å². The molecule has 7 heteroatoms. The highest BCUT2D eigenvalue weighted by Crippen LogP contribution is 2.37. The van der Waals surface area contributed by atoms with Crippen molar-refractivity contribution in [3.05, 3.63) is 0 Å². The van der Waals surface area contributed by atoms with Crippen LogP contribution in [0.25, 0.3) is 0 Å². The molecule has 34 heavy (non-hydrogen) atoms. The fourth-order valence-electron chi connectivity index (χ4n) is 6.20. The molecule has 1 heterocycles. The predicted octanol–water partition coefficient (Wildman–Crippen LogP) is 4.80. The van der Waals surface area contributed by atoms with E-state index >= 15 is 0 Å². The first-order chi connectivity index (χ1) is 16.5. The molecule has 2 amide bonds. The summed E-state index contributed by atoms with van der Waals surface area (Å²) in [4.78, 5) is 28.1. The lowest BCUT2D eigenvalue weighted by molar-refractivity contribution is -0.132. The quantitative estimate of drug-likeness (QED) is 0.403. The van der Waals surface area contributed by atoms with Crippen LogP contribution in [-0.2, 0) is 9.59 Å². The van der Waals surface area contributed by atoms with E-state index in [9.17, 15) is 14.0 Å². The van der Waals surface area contributed by atoms with Crippen molar-refractivity contribution in [2.24, 2.45) is 23.7 Å². The summed E-state index contributed by atoms with van der Waals surface area (Å²) in [5, 5.41) is 6.13. The van der Waals surface area contributed by atoms with E-state index in [2.05, 4.69) is 22.5 Å². The Labute approximate surface area is 211 Å². The van der Waals surface area contributed by atoms with Crippen molar-refractivity contribution in [1.29, 1.82) is 0 Å². The van der Waals surface area contributed by atoms with Gasteiger partial charge in [-0.05, 0) is 114 Å². The van der Waals surface area contributed by atoms with Crippen molar-refractivity contribution < 1.29 is 14.0 Å². The molecule has 5 nitrogen and oxygen atoms in total. The summed E-state index contributed by atoms with van der Waals surface area (Å²) in [7, 11) is 0. The third kappa shape index (κ3) is 8.69. The van der Waals surface area contributed by atoms with E-state index in [0.29, 0.717) is 30.7 Å². The van der Waals surface area contributed by atoms with Gasteiger partial charge in [0.25, 0.3) is 0 Å². The fourth-order valence-corrected chi connectivity index (χ4v) is 6.68. The molecule has 0 bridgehead atoms. The summed E-state index contributed by atoms with van der Waals surface area (Å²) in [6.45, 7) is 5.96. The van der Waals surface area contributed by atoms with E-state index in [0.717, 1.165) is 89.6 Å². The summed E-state index contributed by atoms with van der Waals surface area (Å²) in [5.41, 5.74) is 0. The second-order valence-corrected chi connectivity index (χ2v) is 12.1. The molecular formula is C27H48FN3O2S. The highest BCUT2D eigenvalue weighted by molar-refractivity contribution is 7.98. The number of carbonyl (C=O) groups is 2. The van der Waals surface area contributed by atoms with Crippen LogP contribution in [0.4, 0.5) is 4.39 Å². The molecule has 3 fully saturated rings. The number of amides is 2. The average Bonchev–Trinajstić information content (AvgIpc) is 2.85. The number of carbonyl (C=O) groups excluding carboxylic acids is 2. The van der Waals surface area contributed by atoms with Gasteiger partial charge in [-0.25, -0.2) is 4.39 Å². The van der Waals surface area contributed by atoms with Crippen LogP contribution < -0.4 is 10.6 Å². The average molecular weight is 498 g/mol. The van der Waals surface area contributed by atoms with Gasteiger partial charge in [-0.15, -0.1) is 0 Å². The number of nitrogens with one attached hydrogen (secondary N) is 2. The summed E-state index contributed by atoms with van der Waals surface area (Å²) in [6, 6.07) is -0.431. The zero-order valence-electron chi connectivity index (χ0n) is 21.5. The van der Waals surface area contributed by atoms with Gasteiger partial charge in [0.15, 0.2) is 0 Å². The van der Waals surface area contributed by atoms with Gasteiger partial charge < -0.3 is 15.5 Å². The molecule has 0 radical (unpaired) electrons. The molecule has 1 saturated heterocycles. The first-order valence-electron chi connectivity index (χ1n) is 13.9. The number of hydrogen-bond acceptors (Lipinski definition) is 4. The van der Waals surface area contributed by atoms with E-state index in [-0.39, 0.29) is 17.7 Å². The van der Waals surface area contributed by atoms with Crippen LogP contribution in [0.3, 0.4) is 0 Å². The summed E-state index contributed by atoms with van der Waals surface area (Å²) in [5.74, 6) is 2.49. The molecule has 196 valence electrons. The molecule has 2 N–H and O–H groups in total. The Morgan fingerprint density at radius 2 is 1.74 bits per heavy atom. The SMILES string of the molecule is CSCCC(NC(=O)C1CCC(C)CC1)C(=O)NCCCN1CCC(C2CCCCC2F)CC1. The molecule has 3 atom stereocenters. The van der Waals surface area contributed by atoms with Gasteiger partial charge >= 0.3 is 0 Å². The van der Waals surface area contributed by atoms with E-state index in [4.69, 9.17) is 0 Å². The summed E-state index contributed by atoms with van der Waals surface area (Å²) < 4.78 is 14.3. The molecular weight excluding hydrogens is 449 g/mol. The van der Waals surface area contributed by atoms with Gasteiger partial charge in [0.1, 0.15) is 12.2 Å². The maximum absolute atomic E-state index is 14.3. The van der Waals surface area contributed by atoms with Crippen LogP contribution in [0, 0.1) is 23.7 Å². The van der Waals surface area contributed by atoms with E-state index in [1.54, 1.807) is 11.8 Å². The largest absolute Gasteiger partial charge is 0.354 e. The Morgan fingerprint density at radius 3 is 2.41 bits per heavy atom. The van der Waals surface area contributed by atoms with Crippen molar-refractivity contribution in [2.45, 2.75) is 96.2 Å². The van der Waals surface area contributed by atoms with Crippen LogP contribution in [0.5, 0.6) is 0 Å². The van der Waals surface area contributed by atoms with Gasteiger partial charge in [-0.3, -0.25) is 9.59 Å². The Kier molecular flexibility index (Phi) is 12.0. The number of likely N-dealkylation sites (tertiary alicyclic amines) is 1. The van der Waals surface area contributed by atoms with Crippen molar-refractivity contribution in [1.82, 2.24) is 15.5 Å². The molecule has 0 aromatic rings. The number of rotatable bonds is 11. The molecule has 3 unspecified atom stereocenters. The number of alkyl halides is 1. The second kappa shape index (κ2) is 14.7. The molecule has 2 saturated carbocycles. The summed E-state index contributed by atoms with van der Waals surface area (Å²) >= 11 is 1.71. The van der Waals surface area contributed by atoms with Crippen LogP contribution in [-0.4, -0.2) is 67.1 Å². The maximum atomic E-state index is 14.3. The van der Waals surface area contributed by atoms with Crippen molar-refractivity contribution >= 4 is 23.6 Å². The van der Waals surface area contributed by atoms with Gasteiger partial charge in [0.05, 0.1) is 0 Å². The van der Waals surface area contributed by atoms with Crippen LogP contribution in [0.1, 0.15) is 84.0 Å². The second-order valence-electron chi connectivity index (χ2n) is 11.1. The third-order valence-electron chi connectivity index (χ3n) is 8.55. The molecule has 3 aliphatic rings. The molecule has 1 aliphatic heterocycles.